The van der Waals surface area contributed by atoms with Crippen LogP contribution in [0.3, 0.4) is 0 Å². The number of amides is 1. The summed E-state index contributed by atoms with van der Waals surface area (Å²) in [6.07, 6.45) is 5.14. The number of nitrogens with one attached hydrogen (secondary N) is 2. The van der Waals surface area contributed by atoms with Gasteiger partial charge >= 0.3 is 0 Å². The Bertz CT molecular complexity index is 662. The normalized spacial score (nSPS) is 22.4. The number of nitrogens with zero attached hydrogens (tertiary/aromatic N) is 2. The third kappa shape index (κ3) is 2.50. The van der Waals surface area contributed by atoms with Crippen LogP contribution in [0.15, 0.2) is 24.5 Å². The number of carbonyl (C=O) groups excluding carboxylic acids is 1. The Morgan fingerprint density at radius 1 is 1.35 bits per heavy atom. The molecule has 2 N–H and O–H groups in total. The number of nitriles is 1. The van der Waals surface area contributed by atoms with Gasteiger partial charge in [0, 0.05) is 17.5 Å². The molecule has 1 aliphatic rings. The molecule has 20 heavy (non-hydrogen) atoms. The summed E-state index contributed by atoms with van der Waals surface area (Å²) in [5.41, 5.74) is 2.37. The molecule has 1 fully saturated rings. The van der Waals surface area contributed by atoms with Gasteiger partial charge in [-0.1, -0.05) is 0 Å². The molecule has 0 saturated heterocycles. The zero-order valence-corrected chi connectivity index (χ0v) is 11.1. The number of benzene rings is 1. The standard InChI is InChI=1S/C15H16N4O/c16-8-10-1-4-12(5-2-10)19-15(20)11-3-6-13-14(7-11)18-9-17-13/h3,6-7,9-10,12H,1-2,4-5H2,(H,17,18)(H,19,20). The van der Waals surface area contributed by atoms with Crippen molar-refractivity contribution in [3.05, 3.63) is 30.1 Å². The van der Waals surface area contributed by atoms with Gasteiger partial charge in [0.25, 0.3) is 5.91 Å². The Morgan fingerprint density at radius 2 is 2.15 bits per heavy atom. The maximum absolute atomic E-state index is 12.2. The molecule has 3 rings (SSSR count). The lowest BCUT2D eigenvalue weighted by molar-refractivity contribution is 0.0925. The van der Waals surface area contributed by atoms with Crippen molar-refractivity contribution >= 4 is 16.9 Å². The van der Waals surface area contributed by atoms with Crippen molar-refractivity contribution in [2.45, 2.75) is 31.7 Å². The van der Waals surface area contributed by atoms with E-state index >= 15 is 0 Å². The van der Waals surface area contributed by atoms with E-state index in [2.05, 4.69) is 21.4 Å². The molecule has 1 amide bonds. The topological polar surface area (TPSA) is 81.6 Å². The number of carbonyl (C=O) groups is 1. The molecule has 1 heterocycles. The highest BCUT2D eigenvalue weighted by atomic mass is 16.1. The van der Waals surface area contributed by atoms with Crippen molar-refractivity contribution in [2.24, 2.45) is 5.92 Å². The van der Waals surface area contributed by atoms with Crippen molar-refractivity contribution < 1.29 is 4.79 Å². The highest BCUT2D eigenvalue weighted by Crippen LogP contribution is 2.23. The van der Waals surface area contributed by atoms with Crippen LogP contribution in [0.2, 0.25) is 0 Å². The third-order valence-corrected chi connectivity index (χ3v) is 3.93. The molecule has 102 valence electrons. The molecule has 5 heteroatoms. The van der Waals surface area contributed by atoms with Crippen molar-refractivity contribution in [3.8, 4) is 6.07 Å². The number of fused-ring (bicyclic) bond motifs is 1. The molecule has 0 atom stereocenters. The second-order valence-electron chi connectivity index (χ2n) is 5.29. The molecule has 0 aliphatic heterocycles. The van der Waals surface area contributed by atoms with Gasteiger partial charge in [0.1, 0.15) is 0 Å². The van der Waals surface area contributed by atoms with Gasteiger partial charge in [0.05, 0.1) is 23.4 Å². The minimum Gasteiger partial charge on any atom is -0.349 e. The molecule has 1 aromatic carbocycles. The van der Waals surface area contributed by atoms with Crippen molar-refractivity contribution in [1.29, 1.82) is 5.26 Å². The first kappa shape index (κ1) is 12.7. The Morgan fingerprint density at radius 3 is 2.90 bits per heavy atom. The van der Waals surface area contributed by atoms with Gasteiger partial charge in [0.2, 0.25) is 0 Å². The Kier molecular flexibility index (Phi) is 3.38. The molecule has 1 aliphatic carbocycles. The minimum absolute atomic E-state index is 0.0538. The second kappa shape index (κ2) is 5.33. The summed E-state index contributed by atoms with van der Waals surface area (Å²) < 4.78 is 0. The quantitative estimate of drug-likeness (QED) is 0.877. The smallest absolute Gasteiger partial charge is 0.251 e. The van der Waals surface area contributed by atoms with Crippen LogP contribution in [0.25, 0.3) is 11.0 Å². The van der Waals surface area contributed by atoms with Gasteiger partial charge in [0.15, 0.2) is 0 Å². The summed E-state index contributed by atoms with van der Waals surface area (Å²) in [4.78, 5) is 19.4. The zero-order chi connectivity index (χ0) is 13.9. The summed E-state index contributed by atoms with van der Waals surface area (Å²) in [6, 6.07) is 7.94. The van der Waals surface area contributed by atoms with Gasteiger partial charge in [-0.15, -0.1) is 0 Å². The first-order valence-electron chi connectivity index (χ1n) is 6.90. The molecular formula is C15H16N4O. The number of rotatable bonds is 2. The average molecular weight is 268 g/mol. The first-order valence-corrected chi connectivity index (χ1v) is 6.90. The van der Waals surface area contributed by atoms with Crippen LogP contribution in [-0.4, -0.2) is 21.9 Å². The number of hydrogen-bond acceptors (Lipinski definition) is 3. The highest BCUT2D eigenvalue weighted by Gasteiger charge is 2.22. The van der Waals surface area contributed by atoms with Gasteiger partial charge in [-0.2, -0.15) is 5.26 Å². The van der Waals surface area contributed by atoms with Crippen LogP contribution in [0.4, 0.5) is 0 Å². The molecule has 0 bridgehead atoms. The maximum Gasteiger partial charge on any atom is 0.251 e. The molecule has 5 nitrogen and oxygen atoms in total. The van der Waals surface area contributed by atoms with Crippen LogP contribution in [0.5, 0.6) is 0 Å². The van der Waals surface area contributed by atoms with E-state index in [1.807, 2.05) is 12.1 Å². The lowest BCUT2D eigenvalue weighted by atomic mass is 9.87. The Labute approximate surface area is 117 Å². The van der Waals surface area contributed by atoms with E-state index in [4.69, 9.17) is 5.26 Å². The number of aromatic amines is 1. The summed E-state index contributed by atoms with van der Waals surface area (Å²) >= 11 is 0. The highest BCUT2D eigenvalue weighted by molar-refractivity contribution is 5.97. The van der Waals surface area contributed by atoms with Crippen LogP contribution in [0.1, 0.15) is 36.0 Å². The van der Waals surface area contributed by atoms with Crippen LogP contribution >= 0.6 is 0 Å². The fraction of sp³-hybridized carbons (Fsp3) is 0.400. The predicted molar refractivity (Wildman–Crippen MR) is 74.9 cm³/mol. The van der Waals surface area contributed by atoms with Crippen molar-refractivity contribution in [3.63, 3.8) is 0 Å². The van der Waals surface area contributed by atoms with Crippen molar-refractivity contribution in [2.75, 3.05) is 0 Å². The van der Waals surface area contributed by atoms with Gasteiger partial charge in [-0.3, -0.25) is 4.79 Å². The fourth-order valence-electron chi connectivity index (χ4n) is 2.71. The lowest BCUT2D eigenvalue weighted by Gasteiger charge is -2.25. The van der Waals surface area contributed by atoms with Gasteiger partial charge < -0.3 is 10.3 Å². The van der Waals surface area contributed by atoms with E-state index in [1.54, 1.807) is 12.4 Å². The summed E-state index contributed by atoms with van der Waals surface area (Å²) in [5.74, 6) is 0.103. The van der Waals surface area contributed by atoms with E-state index in [9.17, 15) is 4.79 Å². The summed E-state index contributed by atoms with van der Waals surface area (Å²) in [6.45, 7) is 0. The largest absolute Gasteiger partial charge is 0.349 e. The van der Waals surface area contributed by atoms with Gasteiger partial charge in [-0.25, -0.2) is 4.98 Å². The number of imidazole rings is 1. The molecule has 0 unspecified atom stereocenters. The number of aromatic nitrogens is 2. The number of hydrogen-bond donors (Lipinski definition) is 2. The number of H-pyrrole nitrogens is 1. The van der Waals surface area contributed by atoms with Crippen LogP contribution in [0, 0.1) is 17.2 Å². The lowest BCUT2D eigenvalue weighted by Crippen LogP contribution is -2.37. The molecule has 2 aromatic rings. The Balaban J connectivity index is 1.66. The van der Waals surface area contributed by atoms with E-state index in [0.717, 1.165) is 36.7 Å². The molecule has 0 spiro atoms. The molecule has 1 saturated carbocycles. The van der Waals surface area contributed by atoms with Crippen molar-refractivity contribution in [1.82, 2.24) is 15.3 Å². The molecular weight excluding hydrogens is 252 g/mol. The van der Waals surface area contributed by atoms with E-state index in [1.165, 1.54) is 0 Å². The predicted octanol–water partition coefficient (Wildman–Crippen LogP) is 2.38. The molecule has 0 radical (unpaired) electrons. The van der Waals surface area contributed by atoms with Crippen LogP contribution < -0.4 is 5.32 Å². The first-order chi connectivity index (χ1) is 9.76. The van der Waals surface area contributed by atoms with E-state index < -0.39 is 0 Å². The average Bonchev–Trinajstić information content (AvgIpc) is 2.95. The monoisotopic (exact) mass is 268 g/mol. The van der Waals surface area contributed by atoms with Crippen LogP contribution in [-0.2, 0) is 0 Å². The summed E-state index contributed by atoms with van der Waals surface area (Å²) in [5, 5.41) is 11.9. The maximum atomic E-state index is 12.2. The van der Waals surface area contributed by atoms with E-state index in [0.29, 0.717) is 5.56 Å². The summed E-state index contributed by atoms with van der Waals surface area (Å²) in [7, 11) is 0. The SMILES string of the molecule is N#CC1CCC(NC(=O)c2ccc3nc[nH]c3c2)CC1. The third-order valence-electron chi connectivity index (χ3n) is 3.93. The fourth-order valence-corrected chi connectivity index (χ4v) is 2.71. The Hall–Kier alpha value is -2.35. The van der Waals surface area contributed by atoms with Gasteiger partial charge in [-0.05, 0) is 43.9 Å². The zero-order valence-electron chi connectivity index (χ0n) is 11.1. The minimum atomic E-state index is -0.0538. The molecule has 1 aromatic heterocycles. The second-order valence-corrected chi connectivity index (χ2v) is 5.29. The van der Waals surface area contributed by atoms with E-state index in [-0.39, 0.29) is 17.9 Å².